The molecule has 0 aliphatic carbocycles. The average molecular weight is 157 g/mol. The molecule has 4 nitrogen and oxygen atoms in total. The first-order valence-corrected chi connectivity index (χ1v) is 3.34. The Kier molecular flexibility index (Phi) is 5.13. The molecule has 0 aromatic carbocycles. The molecule has 0 aliphatic rings. The van der Waals surface area contributed by atoms with Gasteiger partial charge in [-0.05, 0) is 12.8 Å². The highest BCUT2D eigenvalue weighted by Gasteiger charge is 2.16. The van der Waals surface area contributed by atoms with Crippen molar-refractivity contribution in [2.45, 2.75) is 12.8 Å². The second-order valence-corrected chi connectivity index (χ2v) is 2.07. The van der Waals surface area contributed by atoms with E-state index in [9.17, 15) is 4.79 Å². The lowest BCUT2D eigenvalue weighted by Crippen LogP contribution is -2.14. The van der Waals surface area contributed by atoms with Crippen LogP contribution in [0.15, 0.2) is 0 Å². The minimum absolute atomic E-state index is 0.00479. The molecule has 0 radical (unpaired) electrons. The number of methoxy groups -OCH3 is 1. The number of aliphatic hydroxyl groups is 1. The molecule has 0 rings (SSSR count). The number of nitriles is 1. The van der Waals surface area contributed by atoms with E-state index in [1.165, 1.54) is 7.11 Å². The number of ether oxygens (including phenoxy) is 1. The molecular weight excluding hydrogens is 146 g/mol. The summed E-state index contributed by atoms with van der Waals surface area (Å²) in [5, 5.41) is 16.8. The van der Waals surface area contributed by atoms with Crippen LogP contribution in [0.2, 0.25) is 0 Å². The fourth-order valence-corrected chi connectivity index (χ4v) is 0.673. The van der Waals surface area contributed by atoms with Gasteiger partial charge in [-0.2, -0.15) is 5.26 Å². The van der Waals surface area contributed by atoms with E-state index in [4.69, 9.17) is 10.4 Å². The van der Waals surface area contributed by atoms with Gasteiger partial charge in [0.15, 0.2) is 0 Å². The van der Waals surface area contributed by atoms with Crippen molar-refractivity contribution in [1.82, 2.24) is 0 Å². The van der Waals surface area contributed by atoms with Crippen LogP contribution in [-0.4, -0.2) is 24.8 Å². The predicted octanol–water partition coefficient (Wildman–Crippen LogP) is 0.0717. The van der Waals surface area contributed by atoms with Gasteiger partial charge in [-0.25, -0.2) is 0 Å². The topological polar surface area (TPSA) is 70.3 Å². The van der Waals surface area contributed by atoms with Gasteiger partial charge in [0, 0.05) is 6.61 Å². The Bertz CT molecular complexity index is 162. The molecule has 1 unspecified atom stereocenters. The molecule has 0 saturated heterocycles. The summed E-state index contributed by atoms with van der Waals surface area (Å²) in [6.07, 6.45) is 0.813. The fourth-order valence-electron chi connectivity index (χ4n) is 0.673. The molecule has 0 saturated carbocycles. The van der Waals surface area contributed by atoms with Crippen molar-refractivity contribution in [2.75, 3.05) is 13.7 Å². The van der Waals surface area contributed by atoms with Gasteiger partial charge in [-0.1, -0.05) is 0 Å². The molecule has 4 heteroatoms. The number of carbonyl (C=O) groups is 1. The van der Waals surface area contributed by atoms with Gasteiger partial charge in [0.25, 0.3) is 0 Å². The molecule has 0 aromatic rings. The van der Waals surface area contributed by atoms with Gasteiger partial charge in [-0.15, -0.1) is 0 Å². The normalized spacial score (nSPS) is 11.7. The smallest absolute Gasteiger partial charge is 0.323 e. The van der Waals surface area contributed by atoms with E-state index >= 15 is 0 Å². The van der Waals surface area contributed by atoms with E-state index in [1.807, 2.05) is 0 Å². The van der Waals surface area contributed by atoms with Gasteiger partial charge < -0.3 is 9.84 Å². The number of carbonyl (C=O) groups excluding carboxylic acids is 1. The van der Waals surface area contributed by atoms with Crippen molar-refractivity contribution < 1.29 is 14.6 Å². The summed E-state index contributed by atoms with van der Waals surface area (Å²) < 4.78 is 4.36. The van der Waals surface area contributed by atoms with E-state index < -0.39 is 11.9 Å². The molecule has 0 spiro atoms. The Labute approximate surface area is 65.4 Å². The van der Waals surface area contributed by atoms with Crippen molar-refractivity contribution >= 4 is 5.97 Å². The minimum atomic E-state index is -0.729. The maximum absolute atomic E-state index is 10.7. The van der Waals surface area contributed by atoms with Crippen molar-refractivity contribution in [2.24, 2.45) is 5.92 Å². The Balaban J connectivity index is 3.78. The summed E-state index contributed by atoms with van der Waals surface area (Å²) in [5.41, 5.74) is 0. The van der Waals surface area contributed by atoms with E-state index in [0.29, 0.717) is 12.8 Å². The first kappa shape index (κ1) is 9.92. The maximum Gasteiger partial charge on any atom is 0.323 e. The Morgan fingerprint density at radius 2 is 2.45 bits per heavy atom. The number of aliphatic hydroxyl groups excluding tert-OH is 1. The van der Waals surface area contributed by atoms with Gasteiger partial charge in [0.2, 0.25) is 0 Å². The molecule has 11 heavy (non-hydrogen) atoms. The third-order valence-electron chi connectivity index (χ3n) is 1.29. The van der Waals surface area contributed by atoms with Crippen LogP contribution in [-0.2, 0) is 9.53 Å². The lowest BCUT2D eigenvalue weighted by molar-refractivity contribution is -0.143. The predicted molar refractivity (Wildman–Crippen MR) is 37.4 cm³/mol. The van der Waals surface area contributed by atoms with Crippen molar-refractivity contribution in [3.05, 3.63) is 0 Å². The number of rotatable bonds is 4. The molecule has 0 amide bonds. The largest absolute Gasteiger partial charge is 0.468 e. The second kappa shape index (κ2) is 5.69. The molecule has 62 valence electrons. The van der Waals surface area contributed by atoms with Gasteiger partial charge in [-0.3, -0.25) is 4.79 Å². The van der Waals surface area contributed by atoms with Crippen LogP contribution in [0.3, 0.4) is 0 Å². The number of hydrogen-bond donors (Lipinski definition) is 1. The minimum Gasteiger partial charge on any atom is -0.468 e. The Morgan fingerprint density at radius 1 is 1.82 bits per heavy atom. The molecular formula is C7H11NO3. The lowest BCUT2D eigenvalue weighted by Gasteiger charge is -2.03. The maximum atomic E-state index is 10.7. The number of hydrogen-bond acceptors (Lipinski definition) is 4. The van der Waals surface area contributed by atoms with Crippen molar-refractivity contribution in [3.8, 4) is 6.07 Å². The van der Waals surface area contributed by atoms with E-state index in [2.05, 4.69) is 4.74 Å². The zero-order valence-electron chi connectivity index (χ0n) is 6.41. The van der Waals surface area contributed by atoms with E-state index in [-0.39, 0.29) is 6.61 Å². The summed E-state index contributed by atoms with van der Waals surface area (Å²) in [4.78, 5) is 10.7. The monoisotopic (exact) mass is 157 g/mol. The number of esters is 1. The third-order valence-corrected chi connectivity index (χ3v) is 1.29. The van der Waals surface area contributed by atoms with Crippen LogP contribution in [0.5, 0.6) is 0 Å². The first-order chi connectivity index (χ1) is 5.26. The molecule has 0 fully saturated rings. The SMILES string of the molecule is COC(=O)C(C#N)CCCO. The van der Waals surface area contributed by atoms with Crippen LogP contribution >= 0.6 is 0 Å². The van der Waals surface area contributed by atoms with Crippen LogP contribution in [0, 0.1) is 17.2 Å². The Morgan fingerprint density at radius 3 is 2.82 bits per heavy atom. The van der Waals surface area contributed by atoms with Crippen LogP contribution in [0.1, 0.15) is 12.8 Å². The summed E-state index contributed by atoms with van der Waals surface area (Å²) >= 11 is 0. The van der Waals surface area contributed by atoms with E-state index in [0.717, 1.165) is 0 Å². The molecule has 0 aliphatic heterocycles. The van der Waals surface area contributed by atoms with E-state index in [1.54, 1.807) is 6.07 Å². The highest BCUT2D eigenvalue weighted by atomic mass is 16.5. The van der Waals surface area contributed by atoms with Crippen LogP contribution in [0.25, 0.3) is 0 Å². The number of nitrogens with zero attached hydrogens (tertiary/aromatic N) is 1. The van der Waals surface area contributed by atoms with Crippen LogP contribution in [0.4, 0.5) is 0 Å². The highest BCUT2D eigenvalue weighted by molar-refractivity contribution is 5.74. The second-order valence-electron chi connectivity index (χ2n) is 2.07. The molecule has 0 heterocycles. The quantitative estimate of drug-likeness (QED) is 0.586. The molecule has 0 bridgehead atoms. The first-order valence-electron chi connectivity index (χ1n) is 3.34. The van der Waals surface area contributed by atoms with Crippen molar-refractivity contribution in [1.29, 1.82) is 5.26 Å². The standard InChI is InChI=1S/C7H11NO3/c1-11-7(10)6(5-8)3-2-4-9/h6,9H,2-4H2,1H3. The third kappa shape index (κ3) is 3.58. The molecule has 1 atom stereocenters. The van der Waals surface area contributed by atoms with Gasteiger partial charge in [0.1, 0.15) is 5.92 Å². The summed E-state index contributed by atoms with van der Waals surface area (Å²) in [7, 11) is 1.24. The van der Waals surface area contributed by atoms with Gasteiger partial charge >= 0.3 is 5.97 Å². The van der Waals surface area contributed by atoms with Gasteiger partial charge in [0.05, 0.1) is 13.2 Å². The van der Waals surface area contributed by atoms with Crippen LogP contribution < -0.4 is 0 Å². The zero-order chi connectivity index (χ0) is 8.69. The highest BCUT2D eigenvalue weighted by Crippen LogP contribution is 2.06. The van der Waals surface area contributed by atoms with Crippen molar-refractivity contribution in [3.63, 3.8) is 0 Å². The lowest BCUT2D eigenvalue weighted by atomic mass is 10.1. The fraction of sp³-hybridized carbons (Fsp3) is 0.714. The molecule has 0 aromatic heterocycles. The average Bonchev–Trinajstić information content (AvgIpc) is 2.05. The Hall–Kier alpha value is -1.08. The zero-order valence-corrected chi connectivity index (χ0v) is 6.41. The summed E-state index contributed by atoms with van der Waals surface area (Å²) in [6.45, 7) is -0.00479. The summed E-state index contributed by atoms with van der Waals surface area (Å²) in [6, 6.07) is 1.80. The summed E-state index contributed by atoms with van der Waals surface area (Å²) in [5.74, 6) is -1.26. The molecule has 1 N–H and O–H groups in total.